The van der Waals surface area contributed by atoms with Crippen molar-refractivity contribution >= 4 is 21.6 Å². The van der Waals surface area contributed by atoms with E-state index in [9.17, 15) is 17.2 Å². The third-order valence-corrected chi connectivity index (χ3v) is 5.99. The first-order valence-corrected chi connectivity index (χ1v) is 8.85. The largest absolute Gasteiger partial charge is 0.241 e. The predicted molar refractivity (Wildman–Crippen MR) is 77.8 cm³/mol. The molecule has 21 heavy (non-hydrogen) atoms. The van der Waals surface area contributed by atoms with Crippen LogP contribution in [0.15, 0.2) is 23.1 Å². The molecular formula is C14H18ClF2NO2S. The lowest BCUT2D eigenvalue weighted by atomic mass is 9.78. The van der Waals surface area contributed by atoms with Crippen LogP contribution < -0.4 is 4.72 Å². The SMILES string of the molecule is CC1CCCC(CCl)(NS(=O)(=O)c2ccc(F)c(F)c2)C1. The molecule has 0 spiro atoms. The maximum absolute atomic E-state index is 13.2. The van der Waals surface area contributed by atoms with E-state index in [1.54, 1.807) is 0 Å². The Labute approximate surface area is 128 Å². The van der Waals surface area contributed by atoms with Crippen LogP contribution in [0.2, 0.25) is 0 Å². The minimum atomic E-state index is -3.93. The lowest BCUT2D eigenvalue weighted by Gasteiger charge is -2.39. The first-order chi connectivity index (χ1) is 9.78. The number of benzene rings is 1. The van der Waals surface area contributed by atoms with Crippen LogP contribution in [0.5, 0.6) is 0 Å². The third-order valence-electron chi connectivity index (χ3n) is 3.90. The summed E-state index contributed by atoms with van der Waals surface area (Å²) in [6.45, 7) is 2.05. The van der Waals surface area contributed by atoms with Gasteiger partial charge in [-0.15, -0.1) is 11.6 Å². The van der Waals surface area contributed by atoms with E-state index in [1.165, 1.54) is 0 Å². The fraction of sp³-hybridized carbons (Fsp3) is 0.571. The fourth-order valence-electron chi connectivity index (χ4n) is 2.89. The molecule has 0 saturated heterocycles. The van der Waals surface area contributed by atoms with Gasteiger partial charge in [-0.2, -0.15) is 0 Å². The molecule has 1 aliphatic carbocycles. The molecule has 7 heteroatoms. The average molecular weight is 338 g/mol. The van der Waals surface area contributed by atoms with Gasteiger partial charge in [0.25, 0.3) is 0 Å². The van der Waals surface area contributed by atoms with Gasteiger partial charge in [0.15, 0.2) is 11.6 Å². The van der Waals surface area contributed by atoms with Crippen LogP contribution >= 0.6 is 11.6 Å². The van der Waals surface area contributed by atoms with Crippen LogP contribution in [0.3, 0.4) is 0 Å². The lowest BCUT2D eigenvalue weighted by molar-refractivity contribution is 0.239. The van der Waals surface area contributed by atoms with E-state index < -0.39 is 27.2 Å². The number of halogens is 3. The van der Waals surface area contributed by atoms with Gasteiger partial charge in [0, 0.05) is 11.4 Å². The van der Waals surface area contributed by atoms with Gasteiger partial charge < -0.3 is 0 Å². The average Bonchev–Trinajstić information content (AvgIpc) is 2.41. The Balaban J connectivity index is 2.28. The third kappa shape index (κ3) is 3.73. The van der Waals surface area contributed by atoms with Gasteiger partial charge in [-0.3, -0.25) is 0 Å². The van der Waals surface area contributed by atoms with Crippen molar-refractivity contribution in [2.24, 2.45) is 5.92 Å². The quantitative estimate of drug-likeness (QED) is 0.856. The van der Waals surface area contributed by atoms with E-state index in [0.29, 0.717) is 24.8 Å². The van der Waals surface area contributed by atoms with Gasteiger partial charge in [0.2, 0.25) is 10.0 Å². The summed E-state index contributed by atoms with van der Waals surface area (Å²) in [6.07, 6.45) is 3.20. The predicted octanol–water partition coefficient (Wildman–Crippen LogP) is 3.43. The molecule has 0 aromatic heterocycles. The minimum Gasteiger partial charge on any atom is -0.207 e. The highest BCUT2D eigenvalue weighted by molar-refractivity contribution is 7.89. The highest BCUT2D eigenvalue weighted by Crippen LogP contribution is 2.34. The molecule has 1 aromatic carbocycles. The standard InChI is InChI=1S/C14H18ClF2NO2S/c1-10-3-2-6-14(8-10,9-15)18-21(19,20)11-4-5-12(16)13(17)7-11/h4-5,7,10,18H,2-3,6,8-9H2,1H3. The number of nitrogens with one attached hydrogen (secondary N) is 1. The first-order valence-electron chi connectivity index (χ1n) is 6.83. The molecule has 2 rings (SSSR count). The molecule has 2 atom stereocenters. The molecule has 0 heterocycles. The van der Waals surface area contributed by atoms with Crippen LogP contribution in [-0.2, 0) is 10.0 Å². The Morgan fingerprint density at radius 3 is 2.67 bits per heavy atom. The second-order valence-corrected chi connectivity index (χ2v) is 7.75. The summed E-state index contributed by atoms with van der Waals surface area (Å²) >= 11 is 5.99. The van der Waals surface area contributed by atoms with Gasteiger partial charge in [-0.25, -0.2) is 21.9 Å². The van der Waals surface area contributed by atoms with Crippen molar-refractivity contribution in [3.63, 3.8) is 0 Å². The van der Waals surface area contributed by atoms with Gasteiger partial charge in [0.1, 0.15) is 0 Å². The summed E-state index contributed by atoms with van der Waals surface area (Å²) in [5.74, 6) is -1.74. The molecule has 1 N–H and O–H groups in total. The molecule has 3 nitrogen and oxygen atoms in total. The maximum Gasteiger partial charge on any atom is 0.241 e. The summed E-state index contributed by atoms with van der Waals surface area (Å²) in [4.78, 5) is -0.288. The van der Waals surface area contributed by atoms with Gasteiger partial charge >= 0.3 is 0 Å². The van der Waals surface area contributed by atoms with Crippen LogP contribution in [0.1, 0.15) is 32.6 Å². The van der Waals surface area contributed by atoms with E-state index in [4.69, 9.17) is 11.6 Å². The van der Waals surface area contributed by atoms with Crippen molar-refractivity contribution in [1.82, 2.24) is 4.72 Å². The second-order valence-electron chi connectivity index (χ2n) is 5.80. The van der Waals surface area contributed by atoms with Gasteiger partial charge in [-0.05, 0) is 37.0 Å². The normalized spacial score (nSPS) is 26.8. The lowest BCUT2D eigenvalue weighted by Crippen LogP contribution is -2.52. The van der Waals surface area contributed by atoms with Crippen molar-refractivity contribution in [3.05, 3.63) is 29.8 Å². The number of rotatable bonds is 4. The maximum atomic E-state index is 13.2. The van der Waals surface area contributed by atoms with E-state index in [1.807, 2.05) is 6.92 Å². The van der Waals surface area contributed by atoms with Crippen LogP contribution in [-0.4, -0.2) is 19.8 Å². The molecule has 118 valence electrons. The second kappa shape index (κ2) is 6.18. The number of sulfonamides is 1. The summed E-state index contributed by atoms with van der Waals surface area (Å²) < 4.78 is 53.5. The number of alkyl halides is 1. The molecule has 0 amide bonds. The minimum absolute atomic E-state index is 0.153. The highest BCUT2D eigenvalue weighted by atomic mass is 35.5. The van der Waals surface area contributed by atoms with Crippen molar-refractivity contribution in [1.29, 1.82) is 0 Å². The van der Waals surface area contributed by atoms with E-state index in [0.717, 1.165) is 25.0 Å². The number of hydrogen-bond donors (Lipinski definition) is 1. The van der Waals surface area contributed by atoms with Crippen LogP contribution in [0, 0.1) is 17.6 Å². The molecule has 0 radical (unpaired) electrons. The molecule has 0 bridgehead atoms. The summed E-state index contributed by atoms with van der Waals surface area (Å²) in [7, 11) is -3.93. The van der Waals surface area contributed by atoms with Crippen LogP contribution in [0.25, 0.3) is 0 Å². The molecule has 1 fully saturated rings. The molecular weight excluding hydrogens is 320 g/mol. The molecule has 2 unspecified atom stereocenters. The van der Waals surface area contributed by atoms with Crippen molar-refractivity contribution < 1.29 is 17.2 Å². The van der Waals surface area contributed by atoms with Crippen molar-refractivity contribution in [2.45, 2.75) is 43.0 Å². The van der Waals surface area contributed by atoms with E-state index >= 15 is 0 Å². The number of hydrogen-bond acceptors (Lipinski definition) is 2. The van der Waals surface area contributed by atoms with Gasteiger partial charge in [-0.1, -0.05) is 19.8 Å². The molecule has 1 aliphatic rings. The van der Waals surface area contributed by atoms with E-state index in [-0.39, 0.29) is 10.8 Å². The molecule has 0 aliphatic heterocycles. The zero-order valence-corrected chi connectivity index (χ0v) is 13.3. The monoisotopic (exact) mass is 337 g/mol. The molecule has 1 saturated carbocycles. The Morgan fingerprint density at radius 2 is 2.10 bits per heavy atom. The van der Waals surface area contributed by atoms with Crippen molar-refractivity contribution in [2.75, 3.05) is 5.88 Å². The topological polar surface area (TPSA) is 46.2 Å². The fourth-order valence-corrected chi connectivity index (χ4v) is 4.73. The van der Waals surface area contributed by atoms with E-state index in [2.05, 4.69) is 4.72 Å². The summed E-state index contributed by atoms with van der Waals surface area (Å²) in [6, 6.07) is 2.54. The van der Waals surface area contributed by atoms with Crippen molar-refractivity contribution in [3.8, 4) is 0 Å². The first kappa shape index (κ1) is 16.6. The van der Waals surface area contributed by atoms with Gasteiger partial charge in [0.05, 0.1) is 4.90 Å². The summed E-state index contributed by atoms with van der Waals surface area (Å²) in [5.41, 5.74) is -0.719. The zero-order chi connectivity index (χ0) is 15.7. The highest BCUT2D eigenvalue weighted by Gasteiger charge is 2.38. The Hall–Kier alpha value is -0.720. The smallest absolute Gasteiger partial charge is 0.207 e. The Bertz CT molecular complexity index is 623. The summed E-state index contributed by atoms with van der Waals surface area (Å²) in [5, 5.41) is 0. The Kier molecular flexibility index (Phi) is 4.90. The zero-order valence-electron chi connectivity index (χ0n) is 11.7. The Morgan fingerprint density at radius 1 is 1.38 bits per heavy atom. The molecule has 1 aromatic rings. The van der Waals surface area contributed by atoms with Crippen LogP contribution in [0.4, 0.5) is 8.78 Å².